The third kappa shape index (κ3) is 3.87. The number of hydrogen-bond acceptors (Lipinski definition) is 5. The van der Waals surface area contributed by atoms with E-state index in [9.17, 15) is 4.79 Å². The van der Waals surface area contributed by atoms with Crippen molar-refractivity contribution in [2.75, 3.05) is 20.8 Å². The number of furan rings is 1. The summed E-state index contributed by atoms with van der Waals surface area (Å²) in [6, 6.07) is 8.91. The molecule has 0 spiro atoms. The third-order valence-electron chi connectivity index (χ3n) is 4.33. The normalized spacial score (nSPS) is 10.8. The van der Waals surface area contributed by atoms with E-state index in [0.29, 0.717) is 51.2 Å². The van der Waals surface area contributed by atoms with Gasteiger partial charge in [0.2, 0.25) is 0 Å². The first-order valence-corrected chi connectivity index (χ1v) is 9.20. The first kappa shape index (κ1) is 19.9. The highest BCUT2D eigenvalue weighted by molar-refractivity contribution is 6.32. The van der Waals surface area contributed by atoms with Crippen molar-refractivity contribution in [3.05, 3.63) is 52.2 Å². The molecule has 1 amide bonds. The van der Waals surface area contributed by atoms with Crippen LogP contribution in [-0.4, -0.2) is 26.7 Å². The zero-order valence-electron chi connectivity index (χ0n) is 16.2. The van der Waals surface area contributed by atoms with Gasteiger partial charge in [0.15, 0.2) is 11.5 Å². The minimum Gasteiger partial charge on any atom is -0.497 e. The molecule has 0 atom stereocenters. The van der Waals surface area contributed by atoms with E-state index >= 15 is 0 Å². The number of halogens is 1. The maximum Gasteiger partial charge on any atom is 0.255 e. The Labute approximate surface area is 168 Å². The number of fused-ring (bicyclic) bond motifs is 1. The van der Waals surface area contributed by atoms with Gasteiger partial charge in [0.05, 0.1) is 31.4 Å². The van der Waals surface area contributed by atoms with Crippen molar-refractivity contribution >= 4 is 28.5 Å². The molecule has 3 aromatic rings. The van der Waals surface area contributed by atoms with Gasteiger partial charge in [-0.3, -0.25) is 4.79 Å². The fourth-order valence-electron chi connectivity index (χ4n) is 3.04. The maximum absolute atomic E-state index is 12.8. The quantitative estimate of drug-likeness (QED) is 0.617. The van der Waals surface area contributed by atoms with Gasteiger partial charge < -0.3 is 23.9 Å². The largest absolute Gasteiger partial charge is 0.497 e. The Morgan fingerprint density at radius 1 is 1.18 bits per heavy atom. The van der Waals surface area contributed by atoms with Crippen molar-refractivity contribution in [1.82, 2.24) is 5.32 Å². The van der Waals surface area contributed by atoms with Gasteiger partial charge in [0.25, 0.3) is 5.91 Å². The maximum atomic E-state index is 12.8. The SMILES string of the molecule is CCOc1c(Cl)cc(CNC(=O)c2c(C)oc3ccc(OC)cc23)cc1OC. The van der Waals surface area contributed by atoms with Gasteiger partial charge in [-0.15, -0.1) is 0 Å². The van der Waals surface area contributed by atoms with Gasteiger partial charge >= 0.3 is 0 Å². The van der Waals surface area contributed by atoms with Crippen LogP contribution in [0.2, 0.25) is 5.02 Å². The third-order valence-corrected chi connectivity index (χ3v) is 4.61. The van der Waals surface area contributed by atoms with Crippen molar-refractivity contribution in [2.24, 2.45) is 0 Å². The van der Waals surface area contributed by atoms with Crippen molar-refractivity contribution in [1.29, 1.82) is 0 Å². The first-order chi connectivity index (χ1) is 13.5. The van der Waals surface area contributed by atoms with Crippen LogP contribution in [-0.2, 0) is 6.54 Å². The molecular weight excluding hydrogens is 382 g/mol. The Kier molecular flexibility index (Phi) is 5.99. The standard InChI is InChI=1S/C21H22ClNO5/c1-5-27-20-16(22)8-13(9-18(20)26-4)11-23-21(24)19-12(2)28-17-7-6-14(25-3)10-15(17)19/h6-10H,5,11H2,1-4H3,(H,23,24). The number of carbonyl (C=O) groups excluding carboxylic acids is 1. The molecule has 0 aliphatic rings. The molecule has 3 rings (SSSR count). The lowest BCUT2D eigenvalue weighted by atomic mass is 10.1. The molecule has 1 N–H and O–H groups in total. The Hall–Kier alpha value is -2.86. The molecule has 1 heterocycles. The Balaban J connectivity index is 1.84. The molecule has 28 heavy (non-hydrogen) atoms. The van der Waals surface area contributed by atoms with Crippen LogP contribution in [0.4, 0.5) is 0 Å². The predicted octanol–water partition coefficient (Wildman–Crippen LogP) is 4.74. The number of methoxy groups -OCH3 is 2. The molecule has 0 unspecified atom stereocenters. The predicted molar refractivity (Wildman–Crippen MR) is 108 cm³/mol. The molecule has 0 saturated heterocycles. The zero-order chi connectivity index (χ0) is 20.3. The van der Waals surface area contributed by atoms with Crippen molar-refractivity contribution in [3.63, 3.8) is 0 Å². The summed E-state index contributed by atoms with van der Waals surface area (Å²) >= 11 is 6.30. The number of nitrogens with one attached hydrogen (secondary N) is 1. The van der Waals surface area contributed by atoms with Gasteiger partial charge in [-0.2, -0.15) is 0 Å². The molecule has 0 bridgehead atoms. The average molecular weight is 404 g/mol. The highest BCUT2D eigenvalue weighted by atomic mass is 35.5. The highest BCUT2D eigenvalue weighted by Gasteiger charge is 2.19. The van der Waals surface area contributed by atoms with Gasteiger partial charge in [0, 0.05) is 11.9 Å². The van der Waals surface area contributed by atoms with Crippen LogP contribution in [0.15, 0.2) is 34.7 Å². The second-order valence-corrected chi connectivity index (χ2v) is 6.53. The summed E-state index contributed by atoms with van der Waals surface area (Å²) in [5, 5.41) is 4.04. The Morgan fingerprint density at radius 2 is 1.96 bits per heavy atom. The molecule has 2 aromatic carbocycles. The number of ether oxygens (including phenoxy) is 3. The summed E-state index contributed by atoms with van der Waals surface area (Å²) in [6.07, 6.45) is 0. The summed E-state index contributed by atoms with van der Waals surface area (Å²) in [7, 11) is 3.13. The summed E-state index contributed by atoms with van der Waals surface area (Å²) < 4.78 is 21.8. The van der Waals surface area contributed by atoms with Gasteiger partial charge in [-0.05, 0) is 49.7 Å². The van der Waals surface area contributed by atoms with Crippen LogP contribution in [0.1, 0.15) is 28.6 Å². The zero-order valence-corrected chi connectivity index (χ0v) is 17.0. The minimum absolute atomic E-state index is 0.242. The van der Waals surface area contributed by atoms with Gasteiger partial charge in [0.1, 0.15) is 17.1 Å². The lowest BCUT2D eigenvalue weighted by molar-refractivity contribution is 0.0951. The number of carbonyl (C=O) groups is 1. The van der Waals surface area contributed by atoms with Crippen molar-refractivity contribution < 1.29 is 23.4 Å². The van der Waals surface area contributed by atoms with E-state index in [0.717, 1.165) is 5.56 Å². The lowest BCUT2D eigenvalue weighted by Gasteiger charge is -2.13. The molecule has 0 aliphatic carbocycles. The van der Waals surface area contributed by atoms with E-state index in [1.807, 2.05) is 6.92 Å². The second-order valence-electron chi connectivity index (χ2n) is 6.12. The van der Waals surface area contributed by atoms with Gasteiger partial charge in [-0.1, -0.05) is 11.6 Å². The van der Waals surface area contributed by atoms with E-state index in [4.69, 9.17) is 30.2 Å². The molecular formula is C21H22ClNO5. The van der Waals surface area contributed by atoms with Crippen LogP contribution in [0.3, 0.4) is 0 Å². The summed E-state index contributed by atoms with van der Waals surface area (Å²) in [5.74, 6) is 1.97. The van der Waals surface area contributed by atoms with Crippen LogP contribution < -0.4 is 19.5 Å². The van der Waals surface area contributed by atoms with E-state index in [1.165, 1.54) is 0 Å². The molecule has 1 aromatic heterocycles. The molecule has 7 heteroatoms. The topological polar surface area (TPSA) is 69.9 Å². The number of amides is 1. The van der Waals surface area contributed by atoms with E-state index in [2.05, 4.69) is 5.32 Å². The number of aryl methyl sites for hydroxylation is 1. The van der Waals surface area contributed by atoms with E-state index in [1.54, 1.807) is 51.5 Å². The van der Waals surface area contributed by atoms with Gasteiger partial charge in [-0.25, -0.2) is 0 Å². The highest BCUT2D eigenvalue weighted by Crippen LogP contribution is 2.36. The molecule has 0 aliphatic heterocycles. The van der Waals surface area contributed by atoms with Crippen LogP contribution in [0.5, 0.6) is 17.2 Å². The molecule has 0 radical (unpaired) electrons. The van der Waals surface area contributed by atoms with E-state index in [-0.39, 0.29) is 12.5 Å². The monoisotopic (exact) mass is 403 g/mol. The number of benzene rings is 2. The number of rotatable bonds is 7. The van der Waals surface area contributed by atoms with E-state index < -0.39 is 0 Å². The molecule has 148 valence electrons. The summed E-state index contributed by atoms with van der Waals surface area (Å²) in [6.45, 7) is 4.38. The average Bonchev–Trinajstić information content (AvgIpc) is 3.02. The Bertz CT molecular complexity index is 1010. The summed E-state index contributed by atoms with van der Waals surface area (Å²) in [5.41, 5.74) is 1.91. The van der Waals surface area contributed by atoms with Crippen molar-refractivity contribution in [2.45, 2.75) is 20.4 Å². The van der Waals surface area contributed by atoms with Crippen molar-refractivity contribution in [3.8, 4) is 17.2 Å². The summed E-state index contributed by atoms with van der Waals surface area (Å²) in [4.78, 5) is 12.8. The number of hydrogen-bond donors (Lipinski definition) is 1. The van der Waals surface area contributed by atoms with Crippen LogP contribution >= 0.6 is 11.6 Å². The Morgan fingerprint density at radius 3 is 2.64 bits per heavy atom. The molecule has 0 fully saturated rings. The molecule has 0 saturated carbocycles. The molecule has 6 nitrogen and oxygen atoms in total. The van der Waals surface area contributed by atoms with Crippen LogP contribution in [0.25, 0.3) is 11.0 Å². The lowest BCUT2D eigenvalue weighted by Crippen LogP contribution is -2.23. The van der Waals surface area contributed by atoms with Crippen LogP contribution in [0, 0.1) is 6.92 Å². The fourth-order valence-corrected chi connectivity index (χ4v) is 3.33. The first-order valence-electron chi connectivity index (χ1n) is 8.83. The second kappa shape index (κ2) is 8.44. The fraction of sp³-hybridized carbons (Fsp3) is 0.286. The smallest absolute Gasteiger partial charge is 0.255 e. The minimum atomic E-state index is -0.242.